The van der Waals surface area contributed by atoms with Crippen molar-refractivity contribution in [3.05, 3.63) is 18.3 Å². The average Bonchev–Trinajstić information content (AvgIpc) is 2.62. The van der Waals surface area contributed by atoms with Crippen LogP contribution in [0.4, 0.5) is 5.82 Å². The molecule has 1 atom stereocenters. The van der Waals surface area contributed by atoms with Gasteiger partial charge >= 0.3 is 0 Å². The normalized spacial score (nSPS) is 13.0. The fraction of sp³-hybridized carbons (Fsp3) is 0.400. The van der Waals surface area contributed by atoms with E-state index in [2.05, 4.69) is 14.3 Å². The van der Waals surface area contributed by atoms with Crippen LogP contribution in [0.3, 0.4) is 0 Å². The summed E-state index contributed by atoms with van der Waals surface area (Å²) in [5, 5.41) is 1.10. The average molecular weight is 222 g/mol. The first-order valence-electron chi connectivity index (χ1n) is 4.85. The molecule has 5 heteroatoms. The Hall–Kier alpha value is -1.20. The Morgan fingerprint density at radius 3 is 3.07 bits per heavy atom. The van der Waals surface area contributed by atoms with Gasteiger partial charge in [0.25, 0.3) is 0 Å². The van der Waals surface area contributed by atoms with Gasteiger partial charge in [-0.25, -0.2) is 4.98 Å². The minimum Gasteiger partial charge on any atom is -0.358 e. The molecule has 0 bridgehead atoms. The van der Waals surface area contributed by atoms with Crippen molar-refractivity contribution in [1.29, 1.82) is 0 Å². The Balaban J connectivity index is 2.27. The van der Waals surface area contributed by atoms with Crippen LogP contribution in [0.15, 0.2) is 18.3 Å². The zero-order chi connectivity index (χ0) is 10.8. The van der Waals surface area contributed by atoms with Crippen molar-refractivity contribution in [1.82, 2.24) is 9.36 Å². The fourth-order valence-electron chi connectivity index (χ4n) is 1.48. The molecule has 2 N–H and O–H groups in total. The quantitative estimate of drug-likeness (QED) is 0.854. The van der Waals surface area contributed by atoms with Crippen molar-refractivity contribution in [3.8, 4) is 0 Å². The van der Waals surface area contributed by atoms with E-state index in [0.29, 0.717) is 0 Å². The van der Waals surface area contributed by atoms with Gasteiger partial charge in [-0.15, -0.1) is 0 Å². The van der Waals surface area contributed by atoms with E-state index >= 15 is 0 Å². The smallest absolute Gasteiger partial charge is 0.145 e. The maximum atomic E-state index is 5.74. The molecule has 0 aliphatic heterocycles. The first kappa shape index (κ1) is 10.3. The molecule has 0 fully saturated rings. The second kappa shape index (κ2) is 4.12. The van der Waals surface area contributed by atoms with Gasteiger partial charge in [-0.05, 0) is 30.6 Å². The number of nitrogens with two attached hydrogens (primary N) is 1. The maximum absolute atomic E-state index is 5.74. The maximum Gasteiger partial charge on any atom is 0.145 e. The Kier molecular flexibility index (Phi) is 2.83. The van der Waals surface area contributed by atoms with Crippen LogP contribution in [-0.2, 0) is 0 Å². The molecule has 0 aliphatic rings. The summed E-state index contributed by atoms with van der Waals surface area (Å²) in [6.45, 7) is 2.79. The van der Waals surface area contributed by atoms with E-state index in [9.17, 15) is 0 Å². The molecule has 15 heavy (non-hydrogen) atoms. The van der Waals surface area contributed by atoms with E-state index in [4.69, 9.17) is 5.73 Å². The van der Waals surface area contributed by atoms with Crippen molar-refractivity contribution >= 4 is 27.6 Å². The van der Waals surface area contributed by atoms with E-state index in [0.717, 1.165) is 22.6 Å². The van der Waals surface area contributed by atoms with E-state index < -0.39 is 0 Å². The number of rotatable bonds is 3. The highest BCUT2D eigenvalue weighted by Crippen LogP contribution is 2.19. The van der Waals surface area contributed by atoms with E-state index in [-0.39, 0.29) is 6.04 Å². The lowest BCUT2D eigenvalue weighted by Gasteiger charge is -2.19. The largest absolute Gasteiger partial charge is 0.358 e. The van der Waals surface area contributed by atoms with Crippen LogP contribution in [0.5, 0.6) is 0 Å². The Morgan fingerprint density at radius 1 is 1.53 bits per heavy atom. The topological polar surface area (TPSA) is 55.0 Å². The van der Waals surface area contributed by atoms with E-state index in [1.165, 1.54) is 11.5 Å². The van der Waals surface area contributed by atoms with Crippen molar-refractivity contribution < 1.29 is 0 Å². The number of aromatic nitrogens is 2. The Labute approximate surface area is 92.9 Å². The minimum absolute atomic E-state index is 0.147. The van der Waals surface area contributed by atoms with Gasteiger partial charge < -0.3 is 10.6 Å². The number of hydrogen-bond acceptors (Lipinski definition) is 5. The van der Waals surface area contributed by atoms with Crippen molar-refractivity contribution in [2.45, 2.75) is 13.0 Å². The highest BCUT2D eigenvalue weighted by Gasteiger charge is 2.06. The lowest BCUT2D eigenvalue weighted by Crippen LogP contribution is -2.33. The summed E-state index contributed by atoms with van der Waals surface area (Å²) >= 11 is 1.42. The van der Waals surface area contributed by atoms with E-state index in [1.807, 2.05) is 32.3 Å². The lowest BCUT2D eigenvalue weighted by atomic mass is 10.3. The van der Waals surface area contributed by atoms with Gasteiger partial charge in [-0.1, -0.05) is 0 Å². The Morgan fingerprint density at radius 2 is 2.33 bits per heavy atom. The molecule has 2 aromatic rings. The predicted molar refractivity (Wildman–Crippen MR) is 64.3 cm³/mol. The van der Waals surface area contributed by atoms with Crippen LogP contribution in [0.25, 0.3) is 10.2 Å². The number of nitrogens with zero attached hydrogens (tertiary/aromatic N) is 3. The van der Waals surface area contributed by atoms with Gasteiger partial charge in [0.05, 0.1) is 6.20 Å². The third kappa shape index (κ3) is 2.24. The molecule has 0 aliphatic carbocycles. The standard InChI is InChI=1S/C10H14N4S/c1-7(11)6-14(2)9-4-3-8-5-12-15-10(8)13-9/h3-5,7H,6,11H2,1-2H3. The van der Waals surface area contributed by atoms with Gasteiger partial charge in [0, 0.05) is 25.0 Å². The summed E-state index contributed by atoms with van der Waals surface area (Å²) in [6.07, 6.45) is 1.84. The summed E-state index contributed by atoms with van der Waals surface area (Å²) in [5.74, 6) is 0.948. The van der Waals surface area contributed by atoms with Crippen molar-refractivity contribution in [2.75, 3.05) is 18.5 Å². The van der Waals surface area contributed by atoms with Gasteiger partial charge in [-0.3, -0.25) is 0 Å². The highest BCUT2D eigenvalue weighted by molar-refractivity contribution is 7.12. The molecule has 0 saturated carbocycles. The first-order valence-corrected chi connectivity index (χ1v) is 5.62. The summed E-state index contributed by atoms with van der Waals surface area (Å²) in [6, 6.07) is 4.19. The summed E-state index contributed by atoms with van der Waals surface area (Å²) in [7, 11) is 2.00. The molecule has 2 rings (SSSR count). The molecular weight excluding hydrogens is 208 g/mol. The number of hydrogen-bond donors (Lipinski definition) is 1. The zero-order valence-corrected chi connectivity index (χ0v) is 9.66. The number of pyridine rings is 1. The Bertz CT molecular complexity index is 451. The van der Waals surface area contributed by atoms with Crippen LogP contribution < -0.4 is 10.6 Å². The second-order valence-corrected chi connectivity index (χ2v) is 4.53. The number of fused-ring (bicyclic) bond motifs is 1. The van der Waals surface area contributed by atoms with Crippen LogP contribution in [0.2, 0.25) is 0 Å². The third-order valence-corrected chi connectivity index (χ3v) is 2.87. The molecular formula is C10H14N4S. The molecule has 0 amide bonds. The second-order valence-electron chi connectivity index (χ2n) is 3.75. The molecule has 4 nitrogen and oxygen atoms in total. The van der Waals surface area contributed by atoms with Crippen LogP contribution in [0, 0.1) is 0 Å². The molecule has 2 aromatic heterocycles. The van der Waals surface area contributed by atoms with Gasteiger partial charge in [-0.2, -0.15) is 4.37 Å². The molecule has 0 radical (unpaired) electrons. The van der Waals surface area contributed by atoms with Crippen LogP contribution in [-0.4, -0.2) is 29.0 Å². The predicted octanol–water partition coefficient (Wildman–Crippen LogP) is 1.47. The van der Waals surface area contributed by atoms with Crippen LogP contribution in [0.1, 0.15) is 6.92 Å². The third-order valence-electron chi connectivity index (χ3n) is 2.16. The fourth-order valence-corrected chi connectivity index (χ4v) is 2.11. The lowest BCUT2D eigenvalue weighted by molar-refractivity contribution is 0.713. The summed E-state index contributed by atoms with van der Waals surface area (Å²) in [5.41, 5.74) is 5.74. The van der Waals surface area contributed by atoms with Crippen molar-refractivity contribution in [3.63, 3.8) is 0 Å². The summed E-state index contributed by atoms with van der Waals surface area (Å²) in [4.78, 5) is 7.55. The highest BCUT2D eigenvalue weighted by atomic mass is 32.1. The van der Waals surface area contributed by atoms with Gasteiger partial charge in [0.2, 0.25) is 0 Å². The van der Waals surface area contributed by atoms with Crippen LogP contribution >= 0.6 is 11.5 Å². The zero-order valence-electron chi connectivity index (χ0n) is 8.84. The molecule has 0 aromatic carbocycles. The summed E-state index contributed by atoms with van der Waals surface area (Å²) < 4.78 is 4.10. The SMILES string of the molecule is CC(N)CN(C)c1ccc2cnsc2n1. The minimum atomic E-state index is 0.147. The first-order chi connectivity index (χ1) is 7.16. The molecule has 0 spiro atoms. The molecule has 0 saturated heterocycles. The monoisotopic (exact) mass is 222 g/mol. The van der Waals surface area contributed by atoms with E-state index in [1.54, 1.807) is 0 Å². The number of likely N-dealkylation sites (N-methyl/N-ethyl adjacent to an activating group) is 1. The molecule has 1 unspecified atom stereocenters. The van der Waals surface area contributed by atoms with Crippen molar-refractivity contribution in [2.24, 2.45) is 5.73 Å². The van der Waals surface area contributed by atoms with Gasteiger partial charge in [0.15, 0.2) is 0 Å². The number of anilines is 1. The molecule has 2 heterocycles. The molecule has 80 valence electrons. The van der Waals surface area contributed by atoms with Gasteiger partial charge in [0.1, 0.15) is 10.6 Å².